The van der Waals surface area contributed by atoms with Crippen molar-refractivity contribution >= 4 is 17.9 Å². The highest BCUT2D eigenvalue weighted by Crippen LogP contribution is 2.41. The second kappa shape index (κ2) is 6.61. The Morgan fingerprint density at radius 3 is 2.21 bits per heavy atom. The summed E-state index contributed by atoms with van der Waals surface area (Å²) in [6, 6.07) is -0.635. The molecule has 3 aliphatic rings. The Bertz CT molecular complexity index is 522. The fraction of sp³-hybridized carbons (Fsp3) is 0.824. The second-order valence-corrected chi connectivity index (χ2v) is 7.50. The van der Waals surface area contributed by atoms with Crippen molar-refractivity contribution in [3.8, 4) is 0 Å². The smallest absolute Gasteiger partial charge is 0.326 e. The van der Waals surface area contributed by atoms with Gasteiger partial charge in [0.2, 0.25) is 5.91 Å². The van der Waals surface area contributed by atoms with E-state index in [1.807, 2.05) is 9.80 Å². The summed E-state index contributed by atoms with van der Waals surface area (Å²) in [5.41, 5.74) is -0.0284. The lowest BCUT2D eigenvalue weighted by Crippen LogP contribution is -2.56. The van der Waals surface area contributed by atoms with Crippen LogP contribution in [0.1, 0.15) is 45.4 Å². The van der Waals surface area contributed by atoms with E-state index in [1.165, 1.54) is 4.90 Å². The van der Waals surface area contributed by atoms with Gasteiger partial charge in [-0.2, -0.15) is 0 Å². The van der Waals surface area contributed by atoms with Crippen molar-refractivity contribution in [2.45, 2.75) is 51.5 Å². The number of hydrogen-bond donors (Lipinski definition) is 1. The van der Waals surface area contributed by atoms with E-state index in [-0.39, 0.29) is 17.4 Å². The molecule has 1 atom stereocenters. The summed E-state index contributed by atoms with van der Waals surface area (Å²) in [4.78, 5) is 41.2. The van der Waals surface area contributed by atoms with Crippen LogP contribution in [0, 0.1) is 5.41 Å². The van der Waals surface area contributed by atoms with E-state index in [0.717, 1.165) is 45.2 Å². The molecule has 1 unspecified atom stereocenters. The summed E-state index contributed by atoms with van der Waals surface area (Å²) < 4.78 is 0. The average Bonchev–Trinajstić information content (AvgIpc) is 3.11. The van der Waals surface area contributed by atoms with Crippen molar-refractivity contribution in [3.05, 3.63) is 0 Å². The number of piperidine rings is 2. The molecule has 0 bridgehead atoms. The standard InChI is InChI=1S/C17H27N3O4/c1-13(15(22)23)20-12-17(5-4-14(20)21)6-10-19(11-7-17)16(24)18-8-2-3-9-18/h13H,2-12H2,1H3,(H,22,23). The predicted molar refractivity (Wildman–Crippen MR) is 87.5 cm³/mol. The van der Waals surface area contributed by atoms with Gasteiger partial charge in [0.25, 0.3) is 0 Å². The molecular formula is C17H27N3O4. The summed E-state index contributed by atoms with van der Waals surface area (Å²) in [6.07, 6.45) is 5.10. The monoisotopic (exact) mass is 337 g/mol. The van der Waals surface area contributed by atoms with Gasteiger partial charge in [-0.3, -0.25) is 4.79 Å². The number of aliphatic carboxylic acids is 1. The molecule has 3 aliphatic heterocycles. The van der Waals surface area contributed by atoms with Crippen LogP contribution in [0.4, 0.5) is 4.79 Å². The molecule has 0 aliphatic carbocycles. The van der Waals surface area contributed by atoms with Crippen molar-refractivity contribution in [1.29, 1.82) is 0 Å². The van der Waals surface area contributed by atoms with Gasteiger partial charge in [-0.15, -0.1) is 0 Å². The minimum absolute atomic E-state index is 0.0284. The summed E-state index contributed by atoms with van der Waals surface area (Å²) in [5, 5.41) is 9.22. The summed E-state index contributed by atoms with van der Waals surface area (Å²) in [6.45, 7) is 5.21. The molecule has 0 saturated carbocycles. The van der Waals surface area contributed by atoms with Crippen LogP contribution in [0.25, 0.3) is 0 Å². The zero-order valence-electron chi connectivity index (χ0n) is 14.4. The van der Waals surface area contributed by atoms with Crippen molar-refractivity contribution in [2.24, 2.45) is 5.41 Å². The molecule has 7 heteroatoms. The molecule has 134 valence electrons. The molecule has 0 aromatic carbocycles. The minimum Gasteiger partial charge on any atom is -0.480 e. The maximum Gasteiger partial charge on any atom is 0.326 e. The zero-order chi connectivity index (χ0) is 17.3. The average molecular weight is 337 g/mol. The Hall–Kier alpha value is -1.79. The number of likely N-dealkylation sites (tertiary alicyclic amines) is 3. The van der Waals surface area contributed by atoms with Crippen molar-refractivity contribution < 1.29 is 19.5 Å². The van der Waals surface area contributed by atoms with Crippen LogP contribution in [0.5, 0.6) is 0 Å². The molecule has 0 aromatic rings. The third-order valence-corrected chi connectivity index (χ3v) is 5.99. The predicted octanol–water partition coefficient (Wildman–Crippen LogP) is 1.38. The first-order valence-corrected chi connectivity index (χ1v) is 8.98. The van der Waals surface area contributed by atoms with Gasteiger partial charge >= 0.3 is 12.0 Å². The van der Waals surface area contributed by atoms with Gasteiger partial charge in [0, 0.05) is 39.1 Å². The molecule has 7 nitrogen and oxygen atoms in total. The lowest BCUT2D eigenvalue weighted by molar-refractivity contribution is -0.154. The summed E-state index contributed by atoms with van der Waals surface area (Å²) in [7, 11) is 0. The molecule has 1 spiro atoms. The number of carbonyl (C=O) groups is 3. The van der Waals surface area contributed by atoms with Crippen molar-refractivity contribution in [3.63, 3.8) is 0 Å². The molecule has 3 rings (SSSR count). The number of urea groups is 1. The second-order valence-electron chi connectivity index (χ2n) is 7.50. The number of carbonyl (C=O) groups excluding carboxylic acids is 2. The first kappa shape index (κ1) is 17.0. The Morgan fingerprint density at radius 2 is 1.62 bits per heavy atom. The minimum atomic E-state index is -0.956. The molecule has 0 aromatic heterocycles. The Labute approximate surface area is 142 Å². The van der Waals surface area contributed by atoms with E-state index in [4.69, 9.17) is 0 Å². The first-order chi connectivity index (χ1) is 11.4. The largest absolute Gasteiger partial charge is 0.480 e. The zero-order valence-corrected chi connectivity index (χ0v) is 14.4. The highest BCUT2D eigenvalue weighted by molar-refractivity contribution is 5.84. The van der Waals surface area contributed by atoms with E-state index in [1.54, 1.807) is 6.92 Å². The Morgan fingerprint density at radius 1 is 1.04 bits per heavy atom. The van der Waals surface area contributed by atoms with E-state index >= 15 is 0 Å². The van der Waals surface area contributed by atoms with Gasteiger partial charge in [-0.05, 0) is 44.4 Å². The van der Waals surface area contributed by atoms with Gasteiger partial charge in [0.05, 0.1) is 0 Å². The highest BCUT2D eigenvalue weighted by atomic mass is 16.4. The summed E-state index contributed by atoms with van der Waals surface area (Å²) in [5.74, 6) is -1.02. The van der Waals surface area contributed by atoms with E-state index in [9.17, 15) is 19.5 Å². The summed E-state index contributed by atoms with van der Waals surface area (Å²) >= 11 is 0. The maximum atomic E-state index is 12.5. The SMILES string of the molecule is CC(C(=O)O)N1CC2(CCC1=O)CCN(C(=O)N1CCCC1)CC2. The number of amides is 3. The quantitative estimate of drug-likeness (QED) is 0.825. The topological polar surface area (TPSA) is 81.2 Å². The molecule has 3 fully saturated rings. The van der Waals surface area contributed by atoms with Crippen LogP contribution in [0.15, 0.2) is 0 Å². The van der Waals surface area contributed by atoms with Crippen LogP contribution in [0.3, 0.4) is 0 Å². The fourth-order valence-electron chi connectivity index (χ4n) is 4.22. The number of nitrogens with zero attached hydrogens (tertiary/aromatic N) is 3. The molecule has 24 heavy (non-hydrogen) atoms. The fourth-order valence-corrected chi connectivity index (χ4v) is 4.22. The van der Waals surface area contributed by atoms with Crippen LogP contribution < -0.4 is 0 Å². The van der Waals surface area contributed by atoms with Gasteiger partial charge < -0.3 is 19.8 Å². The van der Waals surface area contributed by atoms with Crippen molar-refractivity contribution in [1.82, 2.24) is 14.7 Å². The van der Waals surface area contributed by atoms with Crippen molar-refractivity contribution in [2.75, 3.05) is 32.7 Å². The van der Waals surface area contributed by atoms with Gasteiger partial charge in [0.15, 0.2) is 0 Å². The molecule has 3 amide bonds. The number of hydrogen-bond acceptors (Lipinski definition) is 3. The lowest BCUT2D eigenvalue weighted by atomic mass is 9.72. The normalized spacial score (nSPS) is 25.2. The highest BCUT2D eigenvalue weighted by Gasteiger charge is 2.44. The molecule has 3 heterocycles. The molecular weight excluding hydrogens is 310 g/mol. The number of carboxylic acids is 1. The van der Waals surface area contributed by atoms with E-state index < -0.39 is 12.0 Å². The van der Waals surface area contributed by atoms with Crippen LogP contribution in [0.2, 0.25) is 0 Å². The van der Waals surface area contributed by atoms with E-state index in [2.05, 4.69) is 0 Å². The van der Waals surface area contributed by atoms with Crippen LogP contribution >= 0.6 is 0 Å². The van der Waals surface area contributed by atoms with Gasteiger partial charge in [-0.25, -0.2) is 9.59 Å². The maximum absolute atomic E-state index is 12.5. The number of rotatable bonds is 2. The number of carboxylic acid groups (broad SMARTS) is 1. The van der Waals surface area contributed by atoms with Crippen LogP contribution in [-0.2, 0) is 9.59 Å². The third-order valence-electron chi connectivity index (χ3n) is 5.99. The molecule has 0 radical (unpaired) electrons. The molecule has 1 N–H and O–H groups in total. The lowest BCUT2D eigenvalue weighted by Gasteiger charge is -2.48. The van der Waals surface area contributed by atoms with Gasteiger partial charge in [-0.1, -0.05) is 0 Å². The van der Waals surface area contributed by atoms with Gasteiger partial charge in [0.1, 0.15) is 6.04 Å². The Balaban J connectivity index is 1.61. The Kier molecular flexibility index (Phi) is 4.69. The van der Waals surface area contributed by atoms with E-state index in [0.29, 0.717) is 26.1 Å². The van der Waals surface area contributed by atoms with Crippen LogP contribution in [-0.4, -0.2) is 76.5 Å². The third kappa shape index (κ3) is 3.21. The molecule has 3 saturated heterocycles. The first-order valence-electron chi connectivity index (χ1n) is 8.98.